The molecule has 8 heteroatoms. The number of carbonyl (C=O) groups is 2. The fraction of sp³-hybridized carbons (Fsp3) is 0.176. The number of rotatable bonds is 5. The molecule has 0 amide bonds. The van der Waals surface area contributed by atoms with E-state index in [-0.39, 0.29) is 11.3 Å². The van der Waals surface area contributed by atoms with Crippen LogP contribution in [-0.4, -0.2) is 36.5 Å². The fourth-order valence-corrected chi connectivity index (χ4v) is 2.26. The van der Waals surface area contributed by atoms with Crippen LogP contribution in [-0.2, 0) is 4.74 Å². The second-order valence-corrected chi connectivity index (χ2v) is 5.17. The monoisotopic (exact) mass is 343 g/mol. The molecular weight excluding hydrogens is 330 g/mol. The molecule has 0 saturated heterocycles. The molecule has 0 radical (unpaired) electrons. The zero-order valence-electron chi connectivity index (χ0n) is 13.0. The lowest BCUT2D eigenvalue weighted by Crippen LogP contribution is -2.17. The molecule has 25 heavy (non-hydrogen) atoms. The molecule has 3 rings (SSSR count). The Balaban J connectivity index is 1.65. The summed E-state index contributed by atoms with van der Waals surface area (Å²) in [6.45, 7) is 0.356. The van der Waals surface area contributed by atoms with E-state index in [1.54, 1.807) is 12.1 Å². The van der Waals surface area contributed by atoms with Gasteiger partial charge in [-0.05, 0) is 24.3 Å². The molecule has 0 spiro atoms. The molecule has 0 saturated carbocycles. The summed E-state index contributed by atoms with van der Waals surface area (Å²) in [5, 5.41) is 10.7. The molecule has 1 aliphatic rings. The second kappa shape index (κ2) is 7.00. The molecule has 0 unspecified atom stereocenters. The van der Waals surface area contributed by atoms with Crippen LogP contribution in [0.1, 0.15) is 20.7 Å². The maximum atomic E-state index is 12.2. The third kappa shape index (κ3) is 3.74. The Kier molecular flexibility index (Phi) is 4.60. The number of nitro benzene ring substituents is 1. The number of esters is 1. The predicted octanol–water partition coefficient (Wildman–Crippen LogP) is 2.41. The van der Waals surface area contributed by atoms with Gasteiger partial charge in [0.05, 0.1) is 10.5 Å². The van der Waals surface area contributed by atoms with E-state index >= 15 is 0 Å². The van der Waals surface area contributed by atoms with Crippen molar-refractivity contribution in [1.82, 2.24) is 0 Å². The van der Waals surface area contributed by atoms with E-state index in [2.05, 4.69) is 0 Å². The van der Waals surface area contributed by atoms with E-state index < -0.39 is 23.3 Å². The Hall–Kier alpha value is -3.42. The Morgan fingerprint density at radius 2 is 1.80 bits per heavy atom. The van der Waals surface area contributed by atoms with Gasteiger partial charge >= 0.3 is 5.97 Å². The molecule has 128 valence electrons. The van der Waals surface area contributed by atoms with E-state index in [0.717, 1.165) is 6.07 Å². The number of benzene rings is 2. The highest BCUT2D eigenvalue weighted by atomic mass is 16.6. The standard InChI is InChI=1S/C17H13NO7/c19-14(11-4-5-15-16(9-11)24-7-6-23-15)10-25-17(20)12-2-1-3-13(8-12)18(21)22/h1-5,8-9H,6-7,10H2. The first kappa shape index (κ1) is 16.4. The summed E-state index contributed by atoms with van der Waals surface area (Å²) >= 11 is 0. The first-order valence-corrected chi connectivity index (χ1v) is 7.39. The number of ether oxygens (including phenoxy) is 3. The van der Waals surface area contributed by atoms with Crippen LogP contribution in [0.4, 0.5) is 5.69 Å². The minimum absolute atomic E-state index is 0.00387. The van der Waals surface area contributed by atoms with Crippen LogP contribution in [0.15, 0.2) is 42.5 Å². The van der Waals surface area contributed by atoms with Crippen molar-refractivity contribution in [2.45, 2.75) is 0 Å². The van der Waals surface area contributed by atoms with Gasteiger partial charge in [-0.2, -0.15) is 0 Å². The Bertz CT molecular complexity index is 847. The maximum Gasteiger partial charge on any atom is 0.338 e. The first-order chi connectivity index (χ1) is 12.0. The van der Waals surface area contributed by atoms with Crippen LogP contribution in [0.2, 0.25) is 0 Å². The topological polar surface area (TPSA) is 105 Å². The molecule has 8 nitrogen and oxygen atoms in total. The SMILES string of the molecule is O=C(COC(=O)c1cccc([N+](=O)[O-])c1)c1ccc2c(c1)OCCO2. The summed E-state index contributed by atoms with van der Waals surface area (Å²) in [5.41, 5.74) is 0.0906. The number of ketones is 1. The van der Waals surface area contributed by atoms with Gasteiger partial charge in [0.2, 0.25) is 0 Å². The van der Waals surface area contributed by atoms with Gasteiger partial charge in [-0.15, -0.1) is 0 Å². The van der Waals surface area contributed by atoms with E-state index in [1.807, 2.05) is 0 Å². The maximum absolute atomic E-state index is 12.2. The van der Waals surface area contributed by atoms with Crippen LogP contribution in [0, 0.1) is 10.1 Å². The Labute approximate surface area is 142 Å². The van der Waals surface area contributed by atoms with Crippen molar-refractivity contribution in [1.29, 1.82) is 0 Å². The zero-order chi connectivity index (χ0) is 17.8. The van der Waals surface area contributed by atoms with Gasteiger partial charge in [0, 0.05) is 17.7 Å². The summed E-state index contributed by atoms with van der Waals surface area (Å²) in [4.78, 5) is 34.2. The van der Waals surface area contributed by atoms with Gasteiger partial charge in [0.15, 0.2) is 23.9 Å². The van der Waals surface area contributed by atoms with E-state index in [9.17, 15) is 19.7 Å². The van der Waals surface area contributed by atoms with Crippen molar-refractivity contribution in [2.75, 3.05) is 19.8 Å². The number of nitro groups is 1. The molecule has 0 fully saturated rings. The number of hydrogen-bond acceptors (Lipinski definition) is 7. The highest BCUT2D eigenvalue weighted by Crippen LogP contribution is 2.30. The molecule has 0 bridgehead atoms. The average Bonchev–Trinajstić information content (AvgIpc) is 2.65. The van der Waals surface area contributed by atoms with Gasteiger partial charge in [-0.3, -0.25) is 14.9 Å². The van der Waals surface area contributed by atoms with E-state index in [0.29, 0.717) is 30.3 Å². The number of hydrogen-bond donors (Lipinski definition) is 0. The van der Waals surface area contributed by atoms with Crippen molar-refractivity contribution >= 4 is 17.4 Å². The molecule has 0 aliphatic carbocycles. The Morgan fingerprint density at radius 1 is 1.04 bits per heavy atom. The predicted molar refractivity (Wildman–Crippen MR) is 85.1 cm³/mol. The first-order valence-electron chi connectivity index (χ1n) is 7.39. The van der Waals surface area contributed by atoms with Crippen molar-refractivity contribution in [2.24, 2.45) is 0 Å². The zero-order valence-corrected chi connectivity index (χ0v) is 13.0. The van der Waals surface area contributed by atoms with Gasteiger partial charge in [-0.1, -0.05) is 6.07 Å². The number of Topliss-reactive ketones (excluding diaryl/α,β-unsaturated/α-hetero) is 1. The van der Waals surface area contributed by atoms with Crippen LogP contribution >= 0.6 is 0 Å². The second-order valence-electron chi connectivity index (χ2n) is 5.17. The summed E-state index contributed by atoms with van der Waals surface area (Å²) in [5.74, 6) is -0.219. The minimum atomic E-state index is -0.811. The van der Waals surface area contributed by atoms with E-state index in [1.165, 1.54) is 24.3 Å². The molecule has 0 N–H and O–H groups in total. The van der Waals surface area contributed by atoms with Crippen molar-refractivity contribution in [3.05, 3.63) is 63.7 Å². The summed E-state index contributed by atoms with van der Waals surface area (Å²) in [6.07, 6.45) is 0. The number of carbonyl (C=O) groups excluding carboxylic acids is 2. The summed E-state index contributed by atoms with van der Waals surface area (Å²) in [7, 11) is 0. The molecule has 2 aromatic carbocycles. The van der Waals surface area contributed by atoms with Crippen molar-refractivity contribution in [3.63, 3.8) is 0 Å². The summed E-state index contributed by atoms with van der Waals surface area (Å²) in [6, 6.07) is 9.80. The lowest BCUT2D eigenvalue weighted by molar-refractivity contribution is -0.384. The lowest BCUT2D eigenvalue weighted by Gasteiger charge is -2.18. The summed E-state index contributed by atoms with van der Waals surface area (Å²) < 4.78 is 15.7. The van der Waals surface area contributed by atoms with Crippen molar-refractivity contribution in [3.8, 4) is 11.5 Å². The minimum Gasteiger partial charge on any atom is -0.486 e. The number of non-ortho nitro benzene ring substituents is 1. The van der Waals surface area contributed by atoms with Crippen molar-refractivity contribution < 1.29 is 28.7 Å². The van der Waals surface area contributed by atoms with Gasteiger partial charge in [0.1, 0.15) is 13.2 Å². The van der Waals surface area contributed by atoms with Crippen LogP contribution in [0.25, 0.3) is 0 Å². The lowest BCUT2D eigenvalue weighted by atomic mass is 10.1. The normalized spacial score (nSPS) is 12.3. The number of fused-ring (bicyclic) bond motifs is 1. The van der Waals surface area contributed by atoms with Crippen LogP contribution in [0.5, 0.6) is 11.5 Å². The average molecular weight is 343 g/mol. The van der Waals surface area contributed by atoms with E-state index in [4.69, 9.17) is 14.2 Å². The number of nitrogens with zero attached hydrogens (tertiary/aromatic N) is 1. The van der Waals surface area contributed by atoms with Gasteiger partial charge in [-0.25, -0.2) is 4.79 Å². The third-order valence-electron chi connectivity index (χ3n) is 3.49. The Morgan fingerprint density at radius 3 is 2.56 bits per heavy atom. The highest BCUT2D eigenvalue weighted by molar-refractivity contribution is 5.99. The quantitative estimate of drug-likeness (QED) is 0.355. The highest BCUT2D eigenvalue weighted by Gasteiger charge is 2.17. The molecule has 0 atom stereocenters. The smallest absolute Gasteiger partial charge is 0.338 e. The van der Waals surface area contributed by atoms with Crippen LogP contribution in [0.3, 0.4) is 0 Å². The molecule has 1 heterocycles. The van der Waals surface area contributed by atoms with Crippen LogP contribution < -0.4 is 9.47 Å². The molecule has 0 aromatic heterocycles. The molecule has 2 aromatic rings. The molecule has 1 aliphatic heterocycles. The fourth-order valence-electron chi connectivity index (χ4n) is 2.26. The van der Waals surface area contributed by atoms with Gasteiger partial charge in [0.25, 0.3) is 5.69 Å². The largest absolute Gasteiger partial charge is 0.486 e. The third-order valence-corrected chi connectivity index (χ3v) is 3.49. The van der Waals surface area contributed by atoms with Gasteiger partial charge < -0.3 is 14.2 Å². The molecular formula is C17H13NO7.